The third kappa shape index (κ3) is 14.4. The summed E-state index contributed by atoms with van der Waals surface area (Å²) in [5.74, 6) is 0.748. The van der Waals surface area contributed by atoms with E-state index in [0.717, 1.165) is 51.5 Å². The second kappa shape index (κ2) is 20.4. The van der Waals surface area contributed by atoms with Gasteiger partial charge >= 0.3 is 6.09 Å². The number of nitrogens with one attached hydrogen (secondary N) is 2. The first-order chi connectivity index (χ1) is 21.8. The minimum atomic E-state index is -0.603. The highest BCUT2D eigenvalue weighted by Gasteiger charge is 2.31. The van der Waals surface area contributed by atoms with E-state index in [1.54, 1.807) is 18.9 Å². The van der Waals surface area contributed by atoms with E-state index in [9.17, 15) is 14.7 Å². The number of likely N-dealkylation sites (tertiary alicyclic amines) is 1. The van der Waals surface area contributed by atoms with E-state index in [1.165, 1.54) is 5.57 Å². The lowest BCUT2D eigenvalue weighted by atomic mass is 9.89. The molecule has 0 bridgehead atoms. The molecule has 3 N–H and O–H groups in total. The lowest BCUT2D eigenvalue weighted by Crippen LogP contribution is -2.42. The number of hydrogen-bond acceptors (Lipinski definition) is 8. The van der Waals surface area contributed by atoms with Crippen molar-refractivity contribution in [2.24, 2.45) is 11.8 Å². The Morgan fingerprint density at radius 1 is 1.13 bits per heavy atom. The van der Waals surface area contributed by atoms with Crippen molar-refractivity contribution in [2.75, 3.05) is 40.4 Å². The fraction of sp³-hybridized carbons (Fsp3) is 0.833. The van der Waals surface area contributed by atoms with E-state index in [0.29, 0.717) is 44.0 Å². The Labute approximate surface area is 279 Å². The molecule has 2 fully saturated rings. The molecule has 2 amide bonds. The second-order valence-corrected chi connectivity index (χ2v) is 14.2. The largest absolute Gasteiger partial charge is 0.449 e. The van der Waals surface area contributed by atoms with Crippen LogP contribution in [0, 0.1) is 11.8 Å². The molecule has 10 nitrogen and oxygen atoms in total. The standard InChI is InChI=1S/C36H65N3O7/c1-25(22-36(6,7)46-29(5)34(43-9)28(4)40)14-13-15-26(2)33-27(3)17-18-31(45-33)23-38-32(41)16-11-10-12-21-44-35(42)39-20-19-30(24-39)37-8/h13-15,25,27-31,33-34,37,40H,10-12,16-24H2,1-9H3,(H,38,41)/b14-13+,26-15+/t25-,27+,28-,29?,30?,31-,33-,34+/m1/s1. The molecule has 2 rings (SSSR count). The Hall–Kier alpha value is -1.98. The number of hydrogen-bond donors (Lipinski definition) is 3. The average Bonchev–Trinajstić information content (AvgIpc) is 3.47. The molecular formula is C36H65N3O7. The number of carbonyl (C=O) groups is 2. The molecule has 266 valence electrons. The van der Waals surface area contributed by atoms with E-state index in [4.69, 9.17) is 18.9 Å². The van der Waals surface area contributed by atoms with Gasteiger partial charge in [0.1, 0.15) is 6.10 Å². The summed E-state index contributed by atoms with van der Waals surface area (Å²) < 4.78 is 23.5. The highest BCUT2D eigenvalue weighted by Crippen LogP contribution is 2.30. The van der Waals surface area contributed by atoms with Crippen molar-refractivity contribution < 1.29 is 33.6 Å². The number of methoxy groups -OCH3 is 1. The molecular weight excluding hydrogens is 586 g/mol. The first-order valence-corrected chi connectivity index (χ1v) is 17.5. The molecule has 0 aromatic rings. The lowest BCUT2D eigenvalue weighted by molar-refractivity contribution is -0.149. The molecule has 46 heavy (non-hydrogen) atoms. The van der Waals surface area contributed by atoms with Crippen LogP contribution in [0.4, 0.5) is 4.79 Å². The van der Waals surface area contributed by atoms with Crippen molar-refractivity contribution in [1.29, 1.82) is 0 Å². The fourth-order valence-corrected chi connectivity index (χ4v) is 6.74. The van der Waals surface area contributed by atoms with Gasteiger partial charge in [-0.3, -0.25) is 4.79 Å². The number of aliphatic hydroxyl groups excluding tert-OH is 1. The van der Waals surface area contributed by atoms with Crippen LogP contribution in [0.2, 0.25) is 0 Å². The van der Waals surface area contributed by atoms with Gasteiger partial charge in [-0.1, -0.05) is 32.1 Å². The summed E-state index contributed by atoms with van der Waals surface area (Å²) >= 11 is 0. The number of amides is 2. The Morgan fingerprint density at radius 2 is 1.87 bits per heavy atom. The summed E-state index contributed by atoms with van der Waals surface area (Å²) in [7, 11) is 3.51. The summed E-state index contributed by atoms with van der Waals surface area (Å²) in [6, 6.07) is 0.351. The van der Waals surface area contributed by atoms with Crippen LogP contribution in [-0.2, 0) is 23.7 Å². The van der Waals surface area contributed by atoms with Crippen LogP contribution in [0.25, 0.3) is 0 Å². The van der Waals surface area contributed by atoms with Gasteiger partial charge in [-0.25, -0.2) is 4.79 Å². The van der Waals surface area contributed by atoms with E-state index in [-0.39, 0.29) is 42.0 Å². The summed E-state index contributed by atoms with van der Waals surface area (Å²) in [4.78, 5) is 26.4. The average molecular weight is 652 g/mol. The van der Waals surface area contributed by atoms with Gasteiger partial charge in [0.25, 0.3) is 0 Å². The summed E-state index contributed by atoms with van der Waals surface area (Å²) in [6.07, 6.45) is 11.7. The molecule has 0 aromatic carbocycles. The Balaban J connectivity index is 1.68. The van der Waals surface area contributed by atoms with Crippen molar-refractivity contribution in [3.8, 4) is 0 Å². The number of aliphatic hydroxyl groups is 1. The summed E-state index contributed by atoms with van der Waals surface area (Å²) in [6.45, 7) is 16.7. The number of carbonyl (C=O) groups excluding carboxylic acids is 2. The van der Waals surface area contributed by atoms with Crippen molar-refractivity contribution in [3.63, 3.8) is 0 Å². The maximum absolute atomic E-state index is 12.5. The van der Waals surface area contributed by atoms with Gasteiger partial charge in [-0.15, -0.1) is 0 Å². The van der Waals surface area contributed by atoms with Gasteiger partial charge in [-0.05, 0) is 104 Å². The molecule has 2 aliphatic rings. The molecule has 2 saturated heterocycles. The van der Waals surface area contributed by atoms with Gasteiger partial charge in [0.15, 0.2) is 0 Å². The Morgan fingerprint density at radius 3 is 2.52 bits per heavy atom. The lowest BCUT2D eigenvalue weighted by Gasteiger charge is -2.35. The van der Waals surface area contributed by atoms with Crippen molar-refractivity contribution in [3.05, 3.63) is 23.8 Å². The van der Waals surface area contributed by atoms with Gasteiger partial charge in [0, 0.05) is 39.2 Å². The van der Waals surface area contributed by atoms with E-state index in [1.807, 2.05) is 14.0 Å². The summed E-state index contributed by atoms with van der Waals surface area (Å²) in [5.41, 5.74) is 0.814. The summed E-state index contributed by atoms with van der Waals surface area (Å²) in [5, 5.41) is 16.2. The van der Waals surface area contributed by atoms with Gasteiger partial charge < -0.3 is 39.6 Å². The third-order valence-corrected chi connectivity index (χ3v) is 9.23. The first kappa shape index (κ1) is 40.2. The van der Waals surface area contributed by atoms with Crippen LogP contribution in [0.1, 0.15) is 99.8 Å². The SMILES string of the molecule is CNC1CCN(C(=O)OCCCCCC(=O)NC[C@H]2CC[C@H](C)[C@@H](/C(C)=C/C=C/[C@@H](C)CC(C)(C)OC(C)[C@@H](OC)[C@@H](C)O)O2)C1. The topological polar surface area (TPSA) is 119 Å². The molecule has 0 saturated carbocycles. The van der Waals surface area contributed by atoms with E-state index in [2.05, 4.69) is 63.5 Å². The highest BCUT2D eigenvalue weighted by atomic mass is 16.6. The number of unbranched alkanes of at least 4 members (excludes halogenated alkanes) is 2. The zero-order valence-electron chi connectivity index (χ0n) is 30.2. The Kier molecular flexibility index (Phi) is 17.8. The molecule has 2 unspecified atom stereocenters. The molecule has 0 spiro atoms. The maximum atomic E-state index is 12.5. The molecule has 8 atom stereocenters. The van der Waals surface area contributed by atoms with Crippen molar-refractivity contribution in [1.82, 2.24) is 15.5 Å². The number of allylic oxidation sites excluding steroid dienone is 3. The van der Waals surface area contributed by atoms with Crippen LogP contribution in [-0.4, -0.2) is 105 Å². The van der Waals surface area contributed by atoms with Crippen LogP contribution in [0.15, 0.2) is 23.8 Å². The predicted octanol–water partition coefficient (Wildman–Crippen LogP) is 5.39. The second-order valence-electron chi connectivity index (χ2n) is 14.2. The van der Waals surface area contributed by atoms with Gasteiger partial charge in [-0.2, -0.15) is 0 Å². The quantitative estimate of drug-likeness (QED) is 0.126. The molecule has 0 aromatic heterocycles. The van der Waals surface area contributed by atoms with Crippen LogP contribution < -0.4 is 10.6 Å². The highest BCUT2D eigenvalue weighted by molar-refractivity contribution is 5.75. The molecule has 10 heteroatoms. The van der Waals surface area contributed by atoms with E-state index >= 15 is 0 Å². The third-order valence-electron chi connectivity index (χ3n) is 9.23. The number of ether oxygens (including phenoxy) is 4. The fourth-order valence-electron chi connectivity index (χ4n) is 6.74. The zero-order chi connectivity index (χ0) is 34.3. The van der Waals surface area contributed by atoms with Crippen LogP contribution in [0.5, 0.6) is 0 Å². The van der Waals surface area contributed by atoms with Gasteiger partial charge in [0.05, 0.1) is 36.6 Å². The van der Waals surface area contributed by atoms with Crippen molar-refractivity contribution >= 4 is 12.0 Å². The molecule has 0 radical (unpaired) electrons. The molecule has 2 heterocycles. The minimum Gasteiger partial charge on any atom is -0.449 e. The van der Waals surface area contributed by atoms with Crippen LogP contribution >= 0.6 is 0 Å². The van der Waals surface area contributed by atoms with Crippen molar-refractivity contribution in [2.45, 2.75) is 142 Å². The van der Waals surface area contributed by atoms with E-state index < -0.39 is 6.10 Å². The Bertz CT molecular complexity index is 969. The first-order valence-electron chi connectivity index (χ1n) is 17.5. The smallest absolute Gasteiger partial charge is 0.409 e. The predicted molar refractivity (Wildman–Crippen MR) is 183 cm³/mol. The molecule has 0 aliphatic carbocycles. The number of rotatable bonds is 19. The zero-order valence-corrected chi connectivity index (χ0v) is 30.2. The minimum absolute atomic E-state index is 0.00131. The van der Waals surface area contributed by atoms with Crippen LogP contribution in [0.3, 0.4) is 0 Å². The maximum Gasteiger partial charge on any atom is 0.409 e. The number of likely N-dealkylation sites (N-methyl/N-ethyl adjacent to an activating group) is 1. The normalized spacial score (nSPS) is 25.3. The van der Waals surface area contributed by atoms with Gasteiger partial charge in [0.2, 0.25) is 5.91 Å². The number of nitrogens with zero attached hydrogens (tertiary/aromatic N) is 1. The monoisotopic (exact) mass is 651 g/mol. The molecule has 2 aliphatic heterocycles.